The van der Waals surface area contributed by atoms with Crippen molar-refractivity contribution in [2.45, 2.75) is 40.0 Å². The van der Waals surface area contributed by atoms with Crippen LogP contribution in [0.15, 0.2) is 24.3 Å². The Morgan fingerprint density at radius 2 is 1.89 bits per heavy atom. The molecule has 0 aliphatic carbocycles. The lowest BCUT2D eigenvalue weighted by molar-refractivity contribution is -0.143. The van der Waals surface area contributed by atoms with Crippen LogP contribution in [0.4, 0.5) is 0 Å². The largest absolute Gasteiger partial charge is 0.469 e. The SMILES string of the molecule is COC(=O)C(c1cccc(CC(C)C)c1)C(C)C. The van der Waals surface area contributed by atoms with Crippen molar-refractivity contribution in [3.63, 3.8) is 0 Å². The topological polar surface area (TPSA) is 26.3 Å². The highest BCUT2D eigenvalue weighted by atomic mass is 16.5. The normalized spacial score (nSPS) is 12.8. The molecule has 1 aromatic rings. The maximum Gasteiger partial charge on any atom is 0.313 e. The summed E-state index contributed by atoms with van der Waals surface area (Å²) < 4.78 is 4.91. The van der Waals surface area contributed by atoms with Crippen LogP contribution >= 0.6 is 0 Å². The van der Waals surface area contributed by atoms with Crippen molar-refractivity contribution in [2.75, 3.05) is 7.11 Å². The molecular weight excluding hydrogens is 224 g/mol. The van der Waals surface area contributed by atoms with E-state index in [-0.39, 0.29) is 17.8 Å². The molecule has 0 saturated carbocycles. The third-order valence-corrected chi connectivity index (χ3v) is 3.08. The van der Waals surface area contributed by atoms with Crippen LogP contribution in [0.1, 0.15) is 44.7 Å². The van der Waals surface area contributed by atoms with Crippen LogP contribution in [-0.4, -0.2) is 13.1 Å². The van der Waals surface area contributed by atoms with Crippen LogP contribution in [0, 0.1) is 11.8 Å². The minimum atomic E-state index is -0.165. The first kappa shape index (κ1) is 14.7. The molecule has 100 valence electrons. The maximum atomic E-state index is 11.9. The summed E-state index contributed by atoms with van der Waals surface area (Å²) in [5.74, 6) is 0.552. The molecule has 18 heavy (non-hydrogen) atoms. The zero-order valence-electron chi connectivity index (χ0n) is 12.1. The predicted molar refractivity (Wildman–Crippen MR) is 74.6 cm³/mol. The van der Waals surface area contributed by atoms with Gasteiger partial charge in [0.05, 0.1) is 13.0 Å². The van der Waals surface area contributed by atoms with Crippen molar-refractivity contribution >= 4 is 5.97 Å². The summed E-state index contributed by atoms with van der Waals surface area (Å²) >= 11 is 0. The third-order valence-electron chi connectivity index (χ3n) is 3.08. The summed E-state index contributed by atoms with van der Waals surface area (Å²) in [4.78, 5) is 11.9. The summed E-state index contributed by atoms with van der Waals surface area (Å²) in [5.41, 5.74) is 2.35. The highest BCUT2D eigenvalue weighted by molar-refractivity contribution is 5.78. The number of hydrogen-bond donors (Lipinski definition) is 0. The molecule has 0 fully saturated rings. The minimum absolute atomic E-state index is 0.147. The van der Waals surface area contributed by atoms with Gasteiger partial charge in [0.1, 0.15) is 0 Å². The Balaban J connectivity index is 3.02. The average Bonchev–Trinajstić information content (AvgIpc) is 2.28. The second-order valence-corrected chi connectivity index (χ2v) is 5.59. The molecule has 1 unspecified atom stereocenters. The molecule has 0 radical (unpaired) electrons. The molecule has 1 rings (SSSR count). The van der Waals surface area contributed by atoms with E-state index in [1.54, 1.807) is 0 Å². The van der Waals surface area contributed by atoms with Crippen LogP contribution in [0.5, 0.6) is 0 Å². The fraction of sp³-hybridized carbons (Fsp3) is 0.562. The molecule has 0 aliphatic rings. The predicted octanol–water partition coefficient (Wildman–Crippen LogP) is 3.80. The molecule has 2 nitrogen and oxygen atoms in total. The van der Waals surface area contributed by atoms with Crippen molar-refractivity contribution in [1.82, 2.24) is 0 Å². The van der Waals surface area contributed by atoms with Crippen molar-refractivity contribution in [3.8, 4) is 0 Å². The first-order valence-electron chi connectivity index (χ1n) is 6.62. The lowest BCUT2D eigenvalue weighted by atomic mass is 9.87. The number of hydrogen-bond acceptors (Lipinski definition) is 2. The first-order valence-corrected chi connectivity index (χ1v) is 6.62. The Bertz CT molecular complexity index is 394. The molecule has 0 heterocycles. The van der Waals surface area contributed by atoms with Gasteiger partial charge < -0.3 is 4.74 Å². The number of esters is 1. The molecule has 0 amide bonds. The molecule has 0 N–H and O–H groups in total. The van der Waals surface area contributed by atoms with Crippen molar-refractivity contribution in [1.29, 1.82) is 0 Å². The summed E-state index contributed by atoms with van der Waals surface area (Å²) in [6, 6.07) is 8.32. The van der Waals surface area contributed by atoms with E-state index in [1.165, 1.54) is 12.7 Å². The second-order valence-electron chi connectivity index (χ2n) is 5.59. The Morgan fingerprint density at radius 3 is 2.39 bits per heavy atom. The van der Waals surface area contributed by atoms with E-state index < -0.39 is 0 Å². The fourth-order valence-corrected chi connectivity index (χ4v) is 2.31. The smallest absolute Gasteiger partial charge is 0.313 e. The van der Waals surface area contributed by atoms with Crippen LogP contribution in [0.3, 0.4) is 0 Å². The van der Waals surface area contributed by atoms with Gasteiger partial charge in [-0.2, -0.15) is 0 Å². The Kier molecular flexibility index (Phi) is 5.39. The standard InChI is InChI=1S/C16H24O2/c1-11(2)9-13-7-6-8-14(10-13)15(12(3)4)16(17)18-5/h6-8,10-12,15H,9H2,1-5H3. The van der Waals surface area contributed by atoms with Gasteiger partial charge in [-0.3, -0.25) is 4.79 Å². The molecule has 0 aliphatic heterocycles. The summed E-state index contributed by atoms with van der Waals surface area (Å²) in [7, 11) is 1.45. The van der Waals surface area contributed by atoms with Crippen LogP contribution in [0.25, 0.3) is 0 Å². The van der Waals surface area contributed by atoms with Gasteiger partial charge in [0, 0.05) is 0 Å². The Hall–Kier alpha value is -1.31. The fourth-order valence-electron chi connectivity index (χ4n) is 2.31. The summed E-state index contributed by atoms with van der Waals surface area (Å²) in [6.07, 6.45) is 1.04. The molecule has 0 saturated heterocycles. The van der Waals surface area contributed by atoms with E-state index in [2.05, 4.69) is 39.8 Å². The van der Waals surface area contributed by atoms with Gasteiger partial charge in [0.15, 0.2) is 0 Å². The average molecular weight is 248 g/mol. The maximum absolute atomic E-state index is 11.9. The third kappa shape index (κ3) is 3.86. The van der Waals surface area contributed by atoms with Gasteiger partial charge in [-0.1, -0.05) is 52.0 Å². The van der Waals surface area contributed by atoms with E-state index in [9.17, 15) is 4.79 Å². The zero-order chi connectivity index (χ0) is 13.7. The molecule has 1 aromatic carbocycles. The highest BCUT2D eigenvalue weighted by Gasteiger charge is 2.25. The van der Waals surface area contributed by atoms with Gasteiger partial charge in [-0.05, 0) is 29.4 Å². The van der Waals surface area contributed by atoms with Gasteiger partial charge in [0.2, 0.25) is 0 Å². The minimum Gasteiger partial charge on any atom is -0.469 e. The Morgan fingerprint density at radius 1 is 1.22 bits per heavy atom. The molecule has 0 spiro atoms. The first-order chi connectivity index (χ1) is 8.45. The van der Waals surface area contributed by atoms with Crippen LogP contribution < -0.4 is 0 Å². The second kappa shape index (κ2) is 6.58. The van der Waals surface area contributed by atoms with Crippen molar-refractivity contribution < 1.29 is 9.53 Å². The van der Waals surface area contributed by atoms with Crippen molar-refractivity contribution in [2.24, 2.45) is 11.8 Å². The highest BCUT2D eigenvalue weighted by Crippen LogP contribution is 2.27. The van der Waals surface area contributed by atoms with Crippen LogP contribution in [-0.2, 0) is 16.0 Å². The van der Waals surface area contributed by atoms with E-state index >= 15 is 0 Å². The molecular formula is C16H24O2. The lowest BCUT2D eigenvalue weighted by Gasteiger charge is -2.19. The lowest BCUT2D eigenvalue weighted by Crippen LogP contribution is -2.19. The number of methoxy groups -OCH3 is 1. The zero-order valence-corrected chi connectivity index (χ0v) is 12.1. The number of carbonyl (C=O) groups excluding carboxylic acids is 1. The van der Waals surface area contributed by atoms with E-state index in [0.29, 0.717) is 5.92 Å². The number of ether oxygens (including phenoxy) is 1. The van der Waals surface area contributed by atoms with Gasteiger partial charge >= 0.3 is 5.97 Å². The van der Waals surface area contributed by atoms with E-state index in [4.69, 9.17) is 4.74 Å². The summed E-state index contributed by atoms with van der Waals surface area (Å²) in [5, 5.41) is 0. The quantitative estimate of drug-likeness (QED) is 0.741. The van der Waals surface area contributed by atoms with Crippen LogP contribution in [0.2, 0.25) is 0 Å². The van der Waals surface area contributed by atoms with Gasteiger partial charge in [-0.15, -0.1) is 0 Å². The van der Waals surface area contributed by atoms with E-state index in [1.807, 2.05) is 12.1 Å². The number of benzene rings is 1. The number of rotatable bonds is 5. The van der Waals surface area contributed by atoms with E-state index in [0.717, 1.165) is 12.0 Å². The summed E-state index contributed by atoms with van der Waals surface area (Å²) in [6.45, 7) is 8.51. The molecule has 0 aromatic heterocycles. The number of carbonyl (C=O) groups is 1. The molecule has 0 bridgehead atoms. The van der Waals surface area contributed by atoms with Crippen molar-refractivity contribution in [3.05, 3.63) is 35.4 Å². The molecule has 2 heteroatoms. The monoisotopic (exact) mass is 248 g/mol. The van der Waals surface area contributed by atoms with Gasteiger partial charge in [-0.25, -0.2) is 0 Å². The molecule has 1 atom stereocenters. The van der Waals surface area contributed by atoms with Gasteiger partial charge in [0.25, 0.3) is 0 Å². The Labute approximate surface area is 110 Å².